The van der Waals surface area contributed by atoms with Gasteiger partial charge in [0.25, 0.3) is 5.91 Å². The fraction of sp³-hybridized carbons (Fsp3) is 0.389. The summed E-state index contributed by atoms with van der Waals surface area (Å²) in [5, 5.41) is 0. The Hall–Kier alpha value is -2.23. The van der Waals surface area contributed by atoms with Gasteiger partial charge in [0.1, 0.15) is 5.75 Å². The molecule has 1 aromatic carbocycles. The number of aryl methyl sites for hydroxylation is 1. The van der Waals surface area contributed by atoms with Gasteiger partial charge < -0.3 is 14.6 Å². The van der Waals surface area contributed by atoms with Gasteiger partial charge in [-0.2, -0.15) is 0 Å². The van der Waals surface area contributed by atoms with Crippen molar-refractivity contribution in [2.24, 2.45) is 5.92 Å². The number of likely N-dealkylation sites (tertiary alicyclic amines) is 1. The molecule has 1 unspecified atom stereocenters. The average Bonchev–Trinajstić information content (AvgIpc) is 3.08. The smallest absolute Gasteiger partial charge is 0.255 e. The SMILES string of the molecule is Cc1ccc(OCC2CCCN(C(=O)c3cc[nH]c3)C2)cc1. The Balaban J connectivity index is 1.54. The maximum atomic E-state index is 12.4. The Kier molecular flexibility index (Phi) is 4.47. The molecule has 1 aliphatic rings. The Morgan fingerprint density at radius 1 is 1.32 bits per heavy atom. The average molecular weight is 298 g/mol. The Bertz CT molecular complexity index is 605. The Labute approximate surface area is 131 Å². The summed E-state index contributed by atoms with van der Waals surface area (Å²) in [6.45, 7) is 4.34. The summed E-state index contributed by atoms with van der Waals surface area (Å²) in [5.41, 5.74) is 1.97. The van der Waals surface area contributed by atoms with Crippen LogP contribution in [0.2, 0.25) is 0 Å². The minimum absolute atomic E-state index is 0.112. The van der Waals surface area contributed by atoms with Gasteiger partial charge in [0.05, 0.1) is 12.2 Å². The maximum Gasteiger partial charge on any atom is 0.255 e. The van der Waals surface area contributed by atoms with Crippen LogP contribution in [0.5, 0.6) is 5.75 Å². The van der Waals surface area contributed by atoms with E-state index in [-0.39, 0.29) is 5.91 Å². The molecular formula is C18H22N2O2. The molecular weight excluding hydrogens is 276 g/mol. The molecule has 4 nitrogen and oxygen atoms in total. The summed E-state index contributed by atoms with van der Waals surface area (Å²) in [6.07, 6.45) is 5.70. The molecule has 4 heteroatoms. The number of rotatable bonds is 4. The van der Waals surface area contributed by atoms with Crippen molar-refractivity contribution in [3.8, 4) is 5.75 Å². The monoisotopic (exact) mass is 298 g/mol. The molecule has 0 saturated carbocycles. The van der Waals surface area contributed by atoms with Crippen LogP contribution >= 0.6 is 0 Å². The largest absolute Gasteiger partial charge is 0.493 e. The molecule has 0 aliphatic carbocycles. The highest BCUT2D eigenvalue weighted by Gasteiger charge is 2.25. The van der Waals surface area contributed by atoms with Crippen LogP contribution in [0, 0.1) is 12.8 Å². The Morgan fingerprint density at radius 2 is 2.14 bits per heavy atom. The molecule has 1 N–H and O–H groups in total. The van der Waals surface area contributed by atoms with E-state index in [0.717, 1.165) is 37.2 Å². The lowest BCUT2D eigenvalue weighted by Crippen LogP contribution is -2.41. The minimum Gasteiger partial charge on any atom is -0.493 e. The van der Waals surface area contributed by atoms with Crippen molar-refractivity contribution in [2.45, 2.75) is 19.8 Å². The van der Waals surface area contributed by atoms with E-state index in [0.29, 0.717) is 12.5 Å². The number of carbonyl (C=O) groups is 1. The van der Waals surface area contributed by atoms with E-state index < -0.39 is 0 Å². The molecule has 22 heavy (non-hydrogen) atoms. The first-order valence-electron chi connectivity index (χ1n) is 7.84. The fourth-order valence-corrected chi connectivity index (χ4v) is 2.87. The molecule has 116 valence electrons. The summed E-state index contributed by atoms with van der Waals surface area (Å²) in [4.78, 5) is 17.3. The van der Waals surface area contributed by atoms with Crippen LogP contribution in [0.3, 0.4) is 0 Å². The van der Waals surface area contributed by atoms with Crippen LogP contribution < -0.4 is 4.74 Å². The lowest BCUT2D eigenvalue weighted by molar-refractivity contribution is 0.0633. The van der Waals surface area contributed by atoms with Gasteiger partial charge in [0.2, 0.25) is 0 Å². The standard InChI is InChI=1S/C18H22N2O2/c1-14-4-6-17(7-5-14)22-13-15-3-2-10-20(12-15)18(21)16-8-9-19-11-16/h4-9,11,15,19H,2-3,10,12-13H2,1H3. The third-order valence-corrected chi connectivity index (χ3v) is 4.16. The van der Waals surface area contributed by atoms with Crippen molar-refractivity contribution in [3.05, 3.63) is 53.9 Å². The van der Waals surface area contributed by atoms with E-state index in [2.05, 4.69) is 24.0 Å². The van der Waals surface area contributed by atoms with Crippen LogP contribution in [0.15, 0.2) is 42.7 Å². The number of amides is 1. The predicted octanol–water partition coefficient (Wildman–Crippen LogP) is 3.25. The highest BCUT2D eigenvalue weighted by atomic mass is 16.5. The van der Waals surface area contributed by atoms with Gasteiger partial charge in [-0.1, -0.05) is 17.7 Å². The molecule has 0 radical (unpaired) electrons. The predicted molar refractivity (Wildman–Crippen MR) is 86.1 cm³/mol. The van der Waals surface area contributed by atoms with Gasteiger partial charge in [-0.3, -0.25) is 4.79 Å². The zero-order valence-corrected chi connectivity index (χ0v) is 12.9. The van der Waals surface area contributed by atoms with E-state index in [1.807, 2.05) is 23.1 Å². The van der Waals surface area contributed by atoms with Crippen LogP contribution in [0.4, 0.5) is 0 Å². The lowest BCUT2D eigenvalue weighted by atomic mass is 9.98. The second-order valence-corrected chi connectivity index (χ2v) is 5.98. The van der Waals surface area contributed by atoms with Gasteiger partial charge >= 0.3 is 0 Å². The van der Waals surface area contributed by atoms with E-state index in [1.165, 1.54) is 5.56 Å². The number of H-pyrrole nitrogens is 1. The van der Waals surface area contributed by atoms with Crippen molar-refractivity contribution in [2.75, 3.05) is 19.7 Å². The summed E-state index contributed by atoms with van der Waals surface area (Å²) in [6, 6.07) is 9.94. The third kappa shape index (κ3) is 3.50. The van der Waals surface area contributed by atoms with Crippen LogP contribution in [-0.4, -0.2) is 35.5 Å². The quantitative estimate of drug-likeness (QED) is 0.941. The molecule has 1 aromatic heterocycles. The minimum atomic E-state index is 0.112. The number of nitrogens with zero attached hydrogens (tertiary/aromatic N) is 1. The van der Waals surface area contributed by atoms with Crippen molar-refractivity contribution < 1.29 is 9.53 Å². The number of hydrogen-bond acceptors (Lipinski definition) is 2. The van der Waals surface area contributed by atoms with Gasteiger partial charge in [-0.05, 0) is 38.0 Å². The highest BCUT2D eigenvalue weighted by Crippen LogP contribution is 2.20. The molecule has 2 aromatic rings. The second-order valence-electron chi connectivity index (χ2n) is 5.98. The van der Waals surface area contributed by atoms with Gasteiger partial charge in [-0.25, -0.2) is 0 Å². The summed E-state index contributed by atoms with van der Waals surface area (Å²) < 4.78 is 5.88. The normalized spacial score (nSPS) is 18.2. The summed E-state index contributed by atoms with van der Waals surface area (Å²) in [7, 11) is 0. The Morgan fingerprint density at radius 3 is 2.86 bits per heavy atom. The first kappa shape index (κ1) is 14.7. The van der Waals surface area contributed by atoms with Gasteiger partial charge in [-0.15, -0.1) is 0 Å². The highest BCUT2D eigenvalue weighted by molar-refractivity contribution is 5.94. The molecule has 3 rings (SSSR count). The molecule has 2 heterocycles. The molecule has 1 aliphatic heterocycles. The number of piperidine rings is 1. The van der Waals surface area contributed by atoms with E-state index >= 15 is 0 Å². The van der Waals surface area contributed by atoms with Crippen LogP contribution in [0.25, 0.3) is 0 Å². The number of benzene rings is 1. The van der Waals surface area contributed by atoms with E-state index in [1.54, 1.807) is 12.4 Å². The number of nitrogens with one attached hydrogen (secondary N) is 1. The molecule has 0 bridgehead atoms. The van der Waals surface area contributed by atoms with Crippen LogP contribution in [-0.2, 0) is 0 Å². The van der Waals surface area contributed by atoms with E-state index in [4.69, 9.17) is 4.74 Å². The maximum absolute atomic E-state index is 12.4. The van der Waals surface area contributed by atoms with Crippen molar-refractivity contribution in [1.29, 1.82) is 0 Å². The first-order chi connectivity index (χ1) is 10.7. The number of aromatic amines is 1. The molecule has 1 amide bonds. The molecule has 1 fully saturated rings. The first-order valence-corrected chi connectivity index (χ1v) is 7.84. The molecule has 1 atom stereocenters. The zero-order chi connectivity index (χ0) is 15.4. The number of ether oxygens (including phenoxy) is 1. The topological polar surface area (TPSA) is 45.3 Å². The van der Waals surface area contributed by atoms with E-state index in [9.17, 15) is 4.79 Å². The molecule has 1 saturated heterocycles. The number of hydrogen-bond donors (Lipinski definition) is 1. The van der Waals surface area contributed by atoms with Gasteiger partial charge in [0.15, 0.2) is 0 Å². The number of aromatic nitrogens is 1. The van der Waals surface area contributed by atoms with Crippen molar-refractivity contribution in [3.63, 3.8) is 0 Å². The van der Waals surface area contributed by atoms with Crippen molar-refractivity contribution in [1.82, 2.24) is 9.88 Å². The van der Waals surface area contributed by atoms with Crippen LogP contribution in [0.1, 0.15) is 28.8 Å². The number of carbonyl (C=O) groups excluding carboxylic acids is 1. The van der Waals surface area contributed by atoms with Gasteiger partial charge in [0, 0.05) is 31.4 Å². The summed E-state index contributed by atoms with van der Waals surface area (Å²) >= 11 is 0. The zero-order valence-electron chi connectivity index (χ0n) is 12.9. The third-order valence-electron chi connectivity index (χ3n) is 4.16. The molecule has 0 spiro atoms. The second kappa shape index (κ2) is 6.69. The summed E-state index contributed by atoms with van der Waals surface area (Å²) in [5.74, 6) is 1.42. The lowest BCUT2D eigenvalue weighted by Gasteiger charge is -2.32. The van der Waals surface area contributed by atoms with Crippen molar-refractivity contribution >= 4 is 5.91 Å². The fourth-order valence-electron chi connectivity index (χ4n) is 2.87.